The minimum atomic E-state index is -0.173. The van der Waals surface area contributed by atoms with Crippen LogP contribution in [0.5, 0.6) is 0 Å². The van der Waals surface area contributed by atoms with E-state index >= 15 is 0 Å². The minimum Gasteiger partial charge on any atom is -0.268 e. The van der Waals surface area contributed by atoms with Gasteiger partial charge in [-0.2, -0.15) is 5.26 Å². The second-order valence-electron chi connectivity index (χ2n) is 6.64. The van der Waals surface area contributed by atoms with E-state index in [2.05, 4.69) is 12.1 Å². The molecule has 0 radical (unpaired) electrons. The third-order valence-corrected chi connectivity index (χ3v) is 5.42. The van der Waals surface area contributed by atoms with Gasteiger partial charge in [0.25, 0.3) is 5.91 Å². The molecule has 136 valence electrons. The summed E-state index contributed by atoms with van der Waals surface area (Å²) in [6.45, 7) is 4.03. The molecule has 5 heteroatoms. The van der Waals surface area contributed by atoms with Crippen LogP contribution in [-0.4, -0.2) is 10.9 Å². The summed E-state index contributed by atoms with van der Waals surface area (Å²) in [7, 11) is 0. The van der Waals surface area contributed by atoms with E-state index in [4.69, 9.17) is 10.2 Å². The van der Waals surface area contributed by atoms with Crippen molar-refractivity contribution in [3.63, 3.8) is 0 Å². The fourth-order valence-corrected chi connectivity index (χ4v) is 4.15. The molecular formula is C23H17N3OS. The highest BCUT2D eigenvalue weighted by molar-refractivity contribution is 7.22. The number of para-hydroxylation sites is 1. The van der Waals surface area contributed by atoms with E-state index in [0.29, 0.717) is 16.3 Å². The van der Waals surface area contributed by atoms with Crippen LogP contribution in [0, 0.1) is 25.2 Å². The van der Waals surface area contributed by atoms with Gasteiger partial charge >= 0.3 is 0 Å². The highest BCUT2D eigenvalue weighted by atomic mass is 32.1. The molecular weight excluding hydrogens is 366 g/mol. The number of fused-ring (bicyclic) bond motifs is 1. The SMILES string of the molecule is Cc1cc(C)cc(N(C(=O)c2ccc(C#N)cc2)c2nc3ccccc3s2)c1. The number of hydrogen-bond donors (Lipinski definition) is 0. The number of hydrogen-bond acceptors (Lipinski definition) is 4. The molecule has 0 bridgehead atoms. The lowest BCUT2D eigenvalue weighted by Crippen LogP contribution is -2.26. The molecule has 28 heavy (non-hydrogen) atoms. The summed E-state index contributed by atoms with van der Waals surface area (Å²) in [6.07, 6.45) is 0. The van der Waals surface area contributed by atoms with Crippen molar-refractivity contribution in [3.8, 4) is 6.07 Å². The highest BCUT2D eigenvalue weighted by Gasteiger charge is 2.23. The Bertz CT molecular complexity index is 1170. The van der Waals surface area contributed by atoms with Crippen molar-refractivity contribution in [1.29, 1.82) is 5.26 Å². The Morgan fingerprint density at radius 2 is 1.68 bits per heavy atom. The zero-order chi connectivity index (χ0) is 19.7. The molecule has 1 amide bonds. The largest absolute Gasteiger partial charge is 0.268 e. The number of rotatable bonds is 3. The van der Waals surface area contributed by atoms with Crippen LogP contribution >= 0.6 is 11.3 Å². The predicted molar refractivity (Wildman–Crippen MR) is 113 cm³/mol. The van der Waals surface area contributed by atoms with Gasteiger partial charge in [-0.1, -0.05) is 29.5 Å². The molecule has 4 aromatic rings. The predicted octanol–water partition coefficient (Wildman–Crippen LogP) is 5.76. The lowest BCUT2D eigenvalue weighted by molar-refractivity contribution is 0.0999. The number of nitriles is 1. The summed E-state index contributed by atoms with van der Waals surface area (Å²) in [4.78, 5) is 19.8. The Morgan fingerprint density at radius 1 is 1.00 bits per heavy atom. The van der Waals surface area contributed by atoms with Gasteiger partial charge in [0.1, 0.15) is 0 Å². The molecule has 4 nitrogen and oxygen atoms in total. The van der Waals surface area contributed by atoms with Crippen LogP contribution in [0.15, 0.2) is 66.7 Å². The van der Waals surface area contributed by atoms with Gasteiger partial charge in [0, 0.05) is 5.56 Å². The summed E-state index contributed by atoms with van der Waals surface area (Å²) in [5, 5.41) is 9.65. The number of aromatic nitrogens is 1. The third-order valence-electron chi connectivity index (χ3n) is 4.40. The number of benzene rings is 3. The number of aryl methyl sites for hydroxylation is 2. The van der Waals surface area contributed by atoms with E-state index in [1.807, 2.05) is 50.2 Å². The molecule has 0 atom stereocenters. The van der Waals surface area contributed by atoms with Crippen LogP contribution in [-0.2, 0) is 0 Å². The van der Waals surface area contributed by atoms with Crippen LogP contribution in [0.25, 0.3) is 10.2 Å². The maximum Gasteiger partial charge on any atom is 0.264 e. The number of carbonyl (C=O) groups is 1. The topological polar surface area (TPSA) is 57.0 Å². The first kappa shape index (κ1) is 17.9. The standard InChI is InChI=1S/C23H17N3OS/c1-15-11-16(2)13-19(12-15)26(22(27)18-9-7-17(14-24)8-10-18)23-25-20-5-3-4-6-21(20)28-23/h3-13H,1-2H3. The Hall–Kier alpha value is -3.49. The number of thiazole rings is 1. The Morgan fingerprint density at radius 3 is 2.32 bits per heavy atom. The van der Waals surface area contributed by atoms with E-state index in [9.17, 15) is 4.79 Å². The first-order chi connectivity index (χ1) is 13.5. The zero-order valence-electron chi connectivity index (χ0n) is 15.5. The van der Waals surface area contributed by atoms with E-state index in [0.717, 1.165) is 27.0 Å². The second kappa shape index (κ2) is 7.26. The molecule has 4 rings (SSSR count). The van der Waals surface area contributed by atoms with Crippen LogP contribution in [0.4, 0.5) is 10.8 Å². The van der Waals surface area contributed by atoms with E-state index in [1.165, 1.54) is 11.3 Å². The number of nitrogens with zero attached hydrogens (tertiary/aromatic N) is 3. The lowest BCUT2D eigenvalue weighted by atomic mass is 10.1. The molecule has 0 saturated heterocycles. The van der Waals surface area contributed by atoms with Gasteiger partial charge < -0.3 is 0 Å². The first-order valence-electron chi connectivity index (χ1n) is 8.83. The fourth-order valence-electron chi connectivity index (χ4n) is 3.17. The van der Waals surface area contributed by atoms with Crippen molar-refractivity contribution >= 4 is 38.3 Å². The van der Waals surface area contributed by atoms with Gasteiger partial charge in [0.2, 0.25) is 0 Å². The Balaban J connectivity index is 1.87. The molecule has 0 spiro atoms. The van der Waals surface area contributed by atoms with Gasteiger partial charge in [-0.05, 0) is 73.5 Å². The smallest absolute Gasteiger partial charge is 0.264 e. The highest BCUT2D eigenvalue weighted by Crippen LogP contribution is 2.35. The summed E-state index contributed by atoms with van der Waals surface area (Å²) >= 11 is 1.48. The maximum atomic E-state index is 13.5. The molecule has 0 N–H and O–H groups in total. The maximum absolute atomic E-state index is 13.5. The van der Waals surface area contributed by atoms with Gasteiger partial charge in [-0.25, -0.2) is 4.98 Å². The lowest BCUT2D eigenvalue weighted by Gasteiger charge is -2.21. The van der Waals surface area contributed by atoms with Crippen LogP contribution in [0.2, 0.25) is 0 Å². The third kappa shape index (κ3) is 3.38. The average molecular weight is 383 g/mol. The summed E-state index contributed by atoms with van der Waals surface area (Å²) in [5.74, 6) is -0.173. The number of amides is 1. The van der Waals surface area contributed by atoms with Gasteiger partial charge in [0.15, 0.2) is 5.13 Å². The van der Waals surface area contributed by atoms with Crippen molar-refractivity contribution in [3.05, 3.63) is 89.0 Å². The molecule has 1 heterocycles. The number of anilines is 2. The molecule has 0 unspecified atom stereocenters. The minimum absolute atomic E-state index is 0.173. The molecule has 0 aliphatic rings. The summed E-state index contributed by atoms with van der Waals surface area (Å²) in [6, 6.07) is 22.7. The zero-order valence-corrected chi connectivity index (χ0v) is 16.3. The monoisotopic (exact) mass is 383 g/mol. The van der Waals surface area contributed by atoms with Crippen LogP contribution < -0.4 is 4.90 Å². The van der Waals surface area contributed by atoms with Gasteiger partial charge in [-0.15, -0.1) is 0 Å². The van der Waals surface area contributed by atoms with Crippen LogP contribution in [0.1, 0.15) is 27.0 Å². The molecule has 0 fully saturated rings. The molecule has 0 aliphatic heterocycles. The first-order valence-corrected chi connectivity index (χ1v) is 9.65. The molecule has 1 aromatic heterocycles. The van der Waals surface area contributed by atoms with Crippen molar-refractivity contribution in [1.82, 2.24) is 4.98 Å². The average Bonchev–Trinajstić information content (AvgIpc) is 3.11. The summed E-state index contributed by atoms with van der Waals surface area (Å²) in [5.41, 5.74) is 4.84. The molecule has 3 aromatic carbocycles. The Kier molecular flexibility index (Phi) is 4.64. The quantitative estimate of drug-likeness (QED) is 0.452. The van der Waals surface area contributed by atoms with E-state index in [-0.39, 0.29) is 5.91 Å². The van der Waals surface area contributed by atoms with Gasteiger partial charge in [-0.3, -0.25) is 9.69 Å². The fraction of sp³-hybridized carbons (Fsp3) is 0.0870. The molecule has 0 saturated carbocycles. The second-order valence-corrected chi connectivity index (χ2v) is 7.65. The normalized spacial score (nSPS) is 10.6. The van der Waals surface area contributed by atoms with Crippen molar-refractivity contribution in [2.75, 3.05) is 4.90 Å². The van der Waals surface area contributed by atoms with Crippen LogP contribution in [0.3, 0.4) is 0 Å². The van der Waals surface area contributed by atoms with Crippen molar-refractivity contribution in [2.45, 2.75) is 13.8 Å². The van der Waals surface area contributed by atoms with E-state index < -0.39 is 0 Å². The van der Waals surface area contributed by atoms with Crippen molar-refractivity contribution < 1.29 is 4.79 Å². The summed E-state index contributed by atoms with van der Waals surface area (Å²) < 4.78 is 1.03. The van der Waals surface area contributed by atoms with Crippen molar-refractivity contribution in [2.24, 2.45) is 0 Å². The van der Waals surface area contributed by atoms with E-state index in [1.54, 1.807) is 29.2 Å². The molecule has 0 aliphatic carbocycles. The number of carbonyl (C=O) groups excluding carboxylic acids is 1. The Labute approximate surface area is 167 Å². The van der Waals surface area contributed by atoms with Gasteiger partial charge in [0.05, 0.1) is 27.5 Å².